The Morgan fingerprint density at radius 2 is 1.75 bits per heavy atom. The van der Waals surface area contributed by atoms with Crippen LogP contribution in [-0.4, -0.2) is 11.1 Å². The summed E-state index contributed by atoms with van der Waals surface area (Å²) in [4.78, 5) is 25.3. The van der Waals surface area contributed by atoms with E-state index in [1.165, 1.54) is 12.1 Å². The van der Waals surface area contributed by atoms with Crippen LogP contribution in [-0.2, 0) is 9.59 Å². The highest BCUT2D eigenvalue weighted by Gasteiger charge is 2.48. The Hall–Kier alpha value is -2.20. The SMILES string of the molecule is Cc1ccc([C@@H]2[C@@H](CCC(=O)Cl)C(=O)N2c2ccc(F)cc2)cc1. The second-order valence-electron chi connectivity index (χ2n) is 6.04. The number of rotatable bonds is 5. The van der Waals surface area contributed by atoms with Crippen molar-refractivity contribution in [1.29, 1.82) is 0 Å². The third kappa shape index (κ3) is 3.20. The highest BCUT2D eigenvalue weighted by molar-refractivity contribution is 6.63. The second kappa shape index (κ2) is 6.73. The zero-order chi connectivity index (χ0) is 17.3. The van der Waals surface area contributed by atoms with Crippen molar-refractivity contribution in [3.8, 4) is 0 Å². The summed E-state index contributed by atoms with van der Waals surface area (Å²) in [6.45, 7) is 2.00. The molecular formula is C19H17ClFNO2. The number of halogens is 2. The van der Waals surface area contributed by atoms with Gasteiger partial charge in [0, 0.05) is 12.1 Å². The van der Waals surface area contributed by atoms with Crippen LogP contribution in [0.1, 0.15) is 30.0 Å². The second-order valence-corrected chi connectivity index (χ2v) is 6.46. The molecule has 3 rings (SSSR count). The minimum atomic E-state index is -0.439. The number of benzene rings is 2. The largest absolute Gasteiger partial charge is 0.304 e. The molecule has 1 heterocycles. The smallest absolute Gasteiger partial charge is 0.233 e. The Morgan fingerprint density at radius 3 is 2.33 bits per heavy atom. The van der Waals surface area contributed by atoms with Crippen molar-refractivity contribution in [3.05, 3.63) is 65.5 Å². The molecule has 3 nitrogen and oxygen atoms in total. The van der Waals surface area contributed by atoms with Gasteiger partial charge in [-0.3, -0.25) is 9.59 Å². The molecule has 2 atom stereocenters. The van der Waals surface area contributed by atoms with Crippen molar-refractivity contribution in [2.24, 2.45) is 5.92 Å². The quantitative estimate of drug-likeness (QED) is 0.595. The monoisotopic (exact) mass is 345 g/mol. The molecule has 0 saturated carbocycles. The van der Waals surface area contributed by atoms with Gasteiger partial charge >= 0.3 is 0 Å². The van der Waals surface area contributed by atoms with Crippen LogP contribution in [0.3, 0.4) is 0 Å². The number of aryl methyl sites for hydroxylation is 1. The van der Waals surface area contributed by atoms with E-state index in [2.05, 4.69) is 0 Å². The molecule has 1 amide bonds. The van der Waals surface area contributed by atoms with Crippen LogP contribution in [0.25, 0.3) is 0 Å². The summed E-state index contributed by atoms with van der Waals surface area (Å²) in [5.74, 6) is -0.701. The average molecular weight is 346 g/mol. The minimum absolute atomic E-state index is 0.0647. The number of amides is 1. The number of nitrogens with zero attached hydrogens (tertiary/aromatic N) is 1. The molecule has 2 aromatic rings. The molecule has 0 spiro atoms. The molecule has 0 unspecified atom stereocenters. The zero-order valence-electron chi connectivity index (χ0n) is 13.2. The molecule has 0 aliphatic carbocycles. The Balaban J connectivity index is 1.92. The molecule has 1 fully saturated rings. The van der Waals surface area contributed by atoms with Gasteiger partial charge in [0.15, 0.2) is 0 Å². The maximum absolute atomic E-state index is 13.2. The lowest BCUT2D eigenvalue weighted by Crippen LogP contribution is -2.55. The van der Waals surface area contributed by atoms with Crippen molar-refractivity contribution in [3.63, 3.8) is 0 Å². The maximum Gasteiger partial charge on any atom is 0.233 e. The fourth-order valence-corrected chi connectivity index (χ4v) is 3.24. The van der Waals surface area contributed by atoms with Crippen molar-refractivity contribution >= 4 is 28.4 Å². The number of β-lactam (4-membered cyclic amide) rings is 1. The lowest BCUT2D eigenvalue weighted by molar-refractivity contribution is -0.131. The van der Waals surface area contributed by atoms with Crippen LogP contribution in [0.2, 0.25) is 0 Å². The van der Waals surface area contributed by atoms with Crippen LogP contribution in [0.5, 0.6) is 0 Å². The van der Waals surface area contributed by atoms with E-state index in [0.29, 0.717) is 12.1 Å². The van der Waals surface area contributed by atoms with Gasteiger partial charge in [0.1, 0.15) is 5.82 Å². The maximum atomic E-state index is 13.2. The van der Waals surface area contributed by atoms with E-state index in [-0.39, 0.29) is 30.1 Å². The predicted molar refractivity (Wildman–Crippen MR) is 91.4 cm³/mol. The van der Waals surface area contributed by atoms with Gasteiger partial charge in [-0.15, -0.1) is 0 Å². The van der Waals surface area contributed by atoms with Gasteiger partial charge < -0.3 is 4.90 Å². The summed E-state index contributed by atoms with van der Waals surface area (Å²) < 4.78 is 13.2. The van der Waals surface area contributed by atoms with E-state index < -0.39 is 5.24 Å². The Bertz CT molecular complexity index is 758. The van der Waals surface area contributed by atoms with Crippen LogP contribution >= 0.6 is 11.6 Å². The van der Waals surface area contributed by atoms with Crippen LogP contribution in [0.4, 0.5) is 10.1 Å². The van der Waals surface area contributed by atoms with Crippen molar-refractivity contribution in [2.75, 3.05) is 4.90 Å². The minimum Gasteiger partial charge on any atom is -0.304 e. The molecule has 5 heteroatoms. The first-order valence-corrected chi connectivity index (χ1v) is 8.18. The molecule has 1 aliphatic heterocycles. The lowest BCUT2D eigenvalue weighted by Gasteiger charge is -2.47. The molecule has 0 radical (unpaired) electrons. The van der Waals surface area contributed by atoms with Crippen LogP contribution in [0.15, 0.2) is 48.5 Å². The van der Waals surface area contributed by atoms with Gasteiger partial charge in [-0.25, -0.2) is 4.39 Å². The first-order chi connectivity index (χ1) is 11.5. The zero-order valence-corrected chi connectivity index (χ0v) is 14.0. The molecule has 1 aliphatic rings. The summed E-state index contributed by atoms with van der Waals surface area (Å²) in [6.07, 6.45) is 0.578. The van der Waals surface area contributed by atoms with Gasteiger partial charge in [0.05, 0.1) is 12.0 Å². The fraction of sp³-hybridized carbons (Fsp3) is 0.263. The van der Waals surface area contributed by atoms with Gasteiger partial charge in [-0.05, 0) is 54.8 Å². The van der Waals surface area contributed by atoms with Crippen molar-refractivity contribution in [2.45, 2.75) is 25.8 Å². The molecule has 124 valence electrons. The van der Waals surface area contributed by atoms with E-state index >= 15 is 0 Å². The van der Waals surface area contributed by atoms with E-state index in [1.807, 2.05) is 31.2 Å². The lowest BCUT2D eigenvalue weighted by atomic mass is 9.79. The first kappa shape index (κ1) is 16.7. The molecule has 0 N–H and O–H groups in total. The standard InChI is InChI=1S/C19H17ClFNO2/c1-12-2-4-13(5-3-12)18-16(10-11-17(20)23)19(24)22(18)15-8-6-14(21)7-9-15/h2-9,16,18H,10-11H2,1H3/t16-,18-/m1/s1. The number of carbonyl (C=O) groups excluding carboxylic acids is 2. The molecular weight excluding hydrogens is 329 g/mol. The van der Waals surface area contributed by atoms with Gasteiger partial charge in [-0.2, -0.15) is 0 Å². The Labute approximate surface area is 145 Å². The van der Waals surface area contributed by atoms with Gasteiger partial charge in [-0.1, -0.05) is 29.8 Å². The van der Waals surface area contributed by atoms with Gasteiger partial charge in [0.25, 0.3) is 0 Å². The van der Waals surface area contributed by atoms with E-state index in [9.17, 15) is 14.0 Å². The van der Waals surface area contributed by atoms with E-state index in [1.54, 1.807) is 17.0 Å². The topological polar surface area (TPSA) is 37.4 Å². The van der Waals surface area contributed by atoms with Crippen LogP contribution in [0, 0.1) is 18.7 Å². The van der Waals surface area contributed by atoms with Crippen molar-refractivity contribution < 1.29 is 14.0 Å². The predicted octanol–water partition coefficient (Wildman–Crippen LogP) is 4.38. The molecule has 0 aromatic heterocycles. The molecule has 2 aromatic carbocycles. The Kier molecular flexibility index (Phi) is 4.67. The highest BCUT2D eigenvalue weighted by Crippen LogP contribution is 2.45. The van der Waals surface area contributed by atoms with Crippen molar-refractivity contribution in [1.82, 2.24) is 0 Å². The highest BCUT2D eigenvalue weighted by atomic mass is 35.5. The van der Waals surface area contributed by atoms with Crippen LogP contribution < -0.4 is 4.90 Å². The number of hydrogen-bond donors (Lipinski definition) is 0. The van der Waals surface area contributed by atoms with E-state index in [4.69, 9.17) is 11.6 Å². The first-order valence-electron chi connectivity index (χ1n) is 7.81. The Morgan fingerprint density at radius 1 is 1.12 bits per heavy atom. The third-order valence-electron chi connectivity index (χ3n) is 4.39. The summed E-state index contributed by atoms with van der Waals surface area (Å²) in [5, 5.41) is -0.439. The number of anilines is 1. The summed E-state index contributed by atoms with van der Waals surface area (Å²) >= 11 is 5.43. The third-order valence-corrected chi connectivity index (χ3v) is 4.58. The fourth-order valence-electron chi connectivity index (χ4n) is 3.13. The number of carbonyl (C=O) groups is 2. The molecule has 0 bridgehead atoms. The summed E-state index contributed by atoms with van der Waals surface area (Å²) in [5.41, 5.74) is 2.78. The summed E-state index contributed by atoms with van der Waals surface area (Å²) in [6, 6.07) is 13.6. The van der Waals surface area contributed by atoms with Gasteiger partial charge in [0.2, 0.25) is 11.1 Å². The number of hydrogen-bond acceptors (Lipinski definition) is 2. The average Bonchev–Trinajstić information content (AvgIpc) is 2.55. The molecule has 24 heavy (non-hydrogen) atoms. The summed E-state index contributed by atoms with van der Waals surface area (Å²) in [7, 11) is 0. The molecule has 1 saturated heterocycles. The van der Waals surface area contributed by atoms with E-state index in [0.717, 1.165) is 11.1 Å². The normalized spacial score (nSPS) is 20.0.